The smallest absolute Gasteiger partial charge is 0.259 e. The van der Waals surface area contributed by atoms with Crippen molar-refractivity contribution in [2.45, 2.75) is 6.92 Å². The third-order valence-electron chi connectivity index (χ3n) is 3.71. The van der Waals surface area contributed by atoms with Gasteiger partial charge >= 0.3 is 0 Å². The number of hydrogen-bond donors (Lipinski definition) is 1. The summed E-state index contributed by atoms with van der Waals surface area (Å²) in [5, 5.41) is 7.58. The zero-order chi connectivity index (χ0) is 18.1. The van der Waals surface area contributed by atoms with Crippen molar-refractivity contribution in [3.8, 4) is 11.1 Å². The maximum atomic E-state index is 13.9. The van der Waals surface area contributed by atoms with E-state index in [0.29, 0.717) is 33.1 Å². The zero-order valence-corrected chi connectivity index (χ0v) is 15.0. The molecule has 1 heterocycles. The Morgan fingerprint density at radius 1 is 1.20 bits per heavy atom. The summed E-state index contributed by atoms with van der Waals surface area (Å²) in [6.45, 7) is 1.74. The van der Waals surface area contributed by atoms with E-state index in [0.717, 1.165) is 6.07 Å². The van der Waals surface area contributed by atoms with Crippen LogP contribution in [0, 0.1) is 12.7 Å². The number of rotatable bonds is 3. The van der Waals surface area contributed by atoms with Crippen molar-refractivity contribution in [3.05, 3.63) is 69.7 Å². The Morgan fingerprint density at radius 2 is 1.88 bits per heavy atom. The molecule has 0 aliphatic carbocycles. The van der Waals surface area contributed by atoms with Crippen molar-refractivity contribution in [2.24, 2.45) is 7.05 Å². The fourth-order valence-corrected chi connectivity index (χ4v) is 2.94. The Labute approximate surface area is 154 Å². The lowest BCUT2D eigenvalue weighted by Crippen LogP contribution is -2.13. The molecule has 0 atom stereocenters. The van der Waals surface area contributed by atoms with Gasteiger partial charge in [-0.25, -0.2) is 4.39 Å². The molecule has 0 fully saturated rings. The monoisotopic (exact) mass is 377 g/mol. The van der Waals surface area contributed by atoms with E-state index in [1.807, 2.05) is 0 Å². The summed E-state index contributed by atoms with van der Waals surface area (Å²) in [5.74, 6) is -0.861. The van der Waals surface area contributed by atoms with Crippen molar-refractivity contribution in [1.29, 1.82) is 0 Å². The quantitative estimate of drug-likeness (QED) is 0.690. The second kappa shape index (κ2) is 6.86. The minimum atomic E-state index is -0.495. The van der Waals surface area contributed by atoms with Crippen LogP contribution in [-0.4, -0.2) is 15.7 Å². The Morgan fingerprint density at radius 3 is 2.48 bits per heavy atom. The largest absolute Gasteiger partial charge is 0.320 e. The maximum Gasteiger partial charge on any atom is 0.259 e. The lowest BCUT2D eigenvalue weighted by molar-refractivity contribution is 0.102. The SMILES string of the molecule is Cc1nn(C)cc1C(=O)Nc1c(Cl)cc(F)cc1-c1ccc(Cl)cc1. The predicted molar refractivity (Wildman–Crippen MR) is 97.8 cm³/mol. The minimum Gasteiger partial charge on any atom is -0.320 e. The summed E-state index contributed by atoms with van der Waals surface area (Å²) in [7, 11) is 1.73. The first kappa shape index (κ1) is 17.5. The van der Waals surface area contributed by atoms with Crippen molar-refractivity contribution >= 4 is 34.8 Å². The van der Waals surface area contributed by atoms with Gasteiger partial charge in [0.15, 0.2) is 0 Å². The van der Waals surface area contributed by atoms with E-state index in [1.54, 1.807) is 49.1 Å². The topological polar surface area (TPSA) is 46.9 Å². The molecule has 3 rings (SSSR count). The molecule has 0 unspecified atom stereocenters. The molecule has 0 radical (unpaired) electrons. The Bertz CT molecular complexity index is 952. The van der Waals surface area contributed by atoms with E-state index >= 15 is 0 Å². The van der Waals surface area contributed by atoms with Gasteiger partial charge in [-0.2, -0.15) is 5.10 Å². The minimum absolute atomic E-state index is 0.111. The first-order chi connectivity index (χ1) is 11.8. The van der Waals surface area contributed by atoms with Crippen molar-refractivity contribution in [2.75, 3.05) is 5.32 Å². The summed E-state index contributed by atoms with van der Waals surface area (Å²) >= 11 is 12.1. The van der Waals surface area contributed by atoms with Gasteiger partial charge in [-0.1, -0.05) is 35.3 Å². The van der Waals surface area contributed by atoms with Gasteiger partial charge in [-0.3, -0.25) is 9.48 Å². The second-order valence-corrected chi connectivity index (χ2v) is 6.42. The number of anilines is 1. The van der Waals surface area contributed by atoms with E-state index in [-0.39, 0.29) is 10.9 Å². The third kappa shape index (κ3) is 3.67. The number of carbonyl (C=O) groups excluding carboxylic acids is 1. The molecule has 2 aromatic carbocycles. The molecule has 7 heteroatoms. The molecule has 0 bridgehead atoms. The number of nitrogens with zero attached hydrogens (tertiary/aromatic N) is 2. The fraction of sp³-hybridized carbons (Fsp3) is 0.111. The molecule has 4 nitrogen and oxygen atoms in total. The molecular formula is C18H14Cl2FN3O. The summed E-state index contributed by atoms with van der Waals surface area (Å²) in [6, 6.07) is 9.32. The summed E-state index contributed by atoms with van der Waals surface area (Å²) in [4.78, 5) is 12.6. The van der Waals surface area contributed by atoms with Gasteiger partial charge in [0, 0.05) is 23.8 Å². The van der Waals surface area contributed by atoms with Crippen LogP contribution in [0.5, 0.6) is 0 Å². The predicted octanol–water partition coefficient (Wildman–Crippen LogP) is 5.09. The molecule has 0 aliphatic heterocycles. The second-order valence-electron chi connectivity index (χ2n) is 5.57. The third-order valence-corrected chi connectivity index (χ3v) is 4.26. The van der Waals surface area contributed by atoms with E-state index < -0.39 is 5.82 Å². The summed E-state index contributed by atoms with van der Waals surface area (Å²) in [5.41, 5.74) is 2.50. The molecule has 128 valence electrons. The number of halogens is 3. The average Bonchev–Trinajstić information content (AvgIpc) is 2.89. The number of aryl methyl sites for hydroxylation is 2. The van der Waals surface area contributed by atoms with E-state index in [2.05, 4.69) is 10.4 Å². The van der Waals surface area contributed by atoms with Crippen LogP contribution in [0.15, 0.2) is 42.6 Å². The van der Waals surface area contributed by atoms with Crippen LogP contribution >= 0.6 is 23.2 Å². The van der Waals surface area contributed by atoms with Gasteiger partial charge in [0.25, 0.3) is 5.91 Å². The summed E-state index contributed by atoms with van der Waals surface area (Å²) < 4.78 is 15.4. The molecule has 1 amide bonds. The Hall–Kier alpha value is -2.37. The van der Waals surface area contributed by atoms with Crippen molar-refractivity contribution in [3.63, 3.8) is 0 Å². The molecule has 0 saturated carbocycles. The molecule has 25 heavy (non-hydrogen) atoms. The van der Waals surface area contributed by atoms with Crippen LogP contribution in [0.25, 0.3) is 11.1 Å². The highest BCUT2D eigenvalue weighted by Crippen LogP contribution is 2.36. The Kier molecular flexibility index (Phi) is 4.79. The van der Waals surface area contributed by atoms with Gasteiger partial charge in [-0.15, -0.1) is 0 Å². The van der Waals surface area contributed by atoms with E-state index in [9.17, 15) is 9.18 Å². The van der Waals surface area contributed by atoms with Crippen molar-refractivity contribution in [1.82, 2.24) is 9.78 Å². The van der Waals surface area contributed by atoms with Gasteiger partial charge in [0.05, 0.1) is 22.0 Å². The highest BCUT2D eigenvalue weighted by atomic mass is 35.5. The number of nitrogens with one attached hydrogen (secondary N) is 1. The highest BCUT2D eigenvalue weighted by molar-refractivity contribution is 6.35. The molecule has 0 spiro atoms. The number of hydrogen-bond acceptors (Lipinski definition) is 2. The normalized spacial score (nSPS) is 10.8. The maximum absolute atomic E-state index is 13.9. The van der Waals surface area contributed by atoms with E-state index in [1.165, 1.54) is 6.07 Å². The Balaban J connectivity index is 2.05. The lowest BCUT2D eigenvalue weighted by Gasteiger charge is -2.13. The average molecular weight is 378 g/mol. The van der Waals surface area contributed by atoms with Crippen LogP contribution in [0.3, 0.4) is 0 Å². The van der Waals surface area contributed by atoms with Crippen molar-refractivity contribution < 1.29 is 9.18 Å². The van der Waals surface area contributed by atoms with Crippen LogP contribution < -0.4 is 5.32 Å². The first-order valence-electron chi connectivity index (χ1n) is 7.41. The molecule has 0 saturated heterocycles. The molecule has 1 aromatic heterocycles. The highest BCUT2D eigenvalue weighted by Gasteiger charge is 2.18. The van der Waals surface area contributed by atoms with E-state index in [4.69, 9.17) is 23.2 Å². The van der Waals surface area contributed by atoms with Crippen LogP contribution in [0.1, 0.15) is 16.1 Å². The standard InChI is InChI=1S/C18H14Cl2FN3O/c1-10-15(9-24(2)23-10)18(25)22-17-14(7-13(21)8-16(17)20)11-3-5-12(19)6-4-11/h3-9H,1-2H3,(H,22,25). The molecule has 3 aromatic rings. The number of aromatic nitrogens is 2. The van der Waals surface area contributed by atoms with Gasteiger partial charge in [0.2, 0.25) is 0 Å². The van der Waals surface area contributed by atoms with Crippen LogP contribution in [-0.2, 0) is 7.05 Å². The molecule has 0 aliphatic rings. The fourth-order valence-electron chi connectivity index (χ4n) is 2.56. The molecular weight excluding hydrogens is 364 g/mol. The number of amides is 1. The van der Waals surface area contributed by atoms with Gasteiger partial charge in [-0.05, 0) is 36.8 Å². The first-order valence-corrected chi connectivity index (χ1v) is 8.17. The number of benzene rings is 2. The van der Waals surface area contributed by atoms with Gasteiger partial charge < -0.3 is 5.32 Å². The lowest BCUT2D eigenvalue weighted by atomic mass is 10.0. The van der Waals surface area contributed by atoms with Crippen LogP contribution in [0.2, 0.25) is 10.0 Å². The van der Waals surface area contributed by atoms with Gasteiger partial charge in [0.1, 0.15) is 5.82 Å². The van der Waals surface area contributed by atoms with Crippen LogP contribution in [0.4, 0.5) is 10.1 Å². The molecule has 1 N–H and O–H groups in total. The zero-order valence-electron chi connectivity index (χ0n) is 13.5. The summed E-state index contributed by atoms with van der Waals surface area (Å²) in [6.07, 6.45) is 1.62. The number of carbonyl (C=O) groups is 1.